The predicted octanol–water partition coefficient (Wildman–Crippen LogP) is 3.18. The number of carbonyl (C=O) groups is 1. The first-order chi connectivity index (χ1) is 8.84. The lowest BCUT2D eigenvalue weighted by Gasteiger charge is -2.31. The number of rotatable bonds is 6. The van der Waals surface area contributed by atoms with E-state index in [1.165, 1.54) is 0 Å². The third-order valence-corrected chi connectivity index (χ3v) is 3.24. The van der Waals surface area contributed by atoms with Crippen LogP contribution in [0.5, 0.6) is 0 Å². The second kappa shape index (κ2) is 8.50. The minimum absolute atomic E-state index is 0. The first-order valence-electron chi connectivity index (χ1n) is 6.60. The number of nitrogens with two attached hydrogens (primary N) is 1. The number of nitrogens with one attached hydrogen (secondary N) is 1. The lowest BCUT2D eigenvalue weighted by Crippen LogP contribution is -2.52. The molecule has 20 heavy (non-hydrogen) atoms. The molecule has 1 rings (SSSR count). The molecule has 0 spiro atoms. The van der Waals surface area contributed by atoms with Crippen molar-refractivity contribution in [2.75, 3.05) is 6.54 Å². The molecule has 5 heteroatoms. The fraction of sp³-hybridized carbons (Fsp3) is 0.533. The highest BCUT2D eigenvalue weighted by atomic mass is 35.5. The summed E-state index contributed by atoms with van der Waals surface area (Å²) in [7, 11) is 0. The molecule has 1 amide bonds. The molecule has 0 aliphatic heterocycles. The number of hydrogen-bond donors (Lipinski definition) is 2. The molecular weight excluding hydrogens is 295 g/mol. The van der Waals surface area contributed by atoms with Crippen molar-refractivity contribution in [1.82, 2.24) is 5.32 Å². The predicted molar refractivity (Wildman–Crippen MR) is 87.5 cm³/mol. The minimum atomic E-state index is -0.343. The Hall–Kier alpha value is -0.770. The fourth-order valence-electron chi connectivity index (χ4n) is 2.30. The molecule has 3 N–H and O–H groups in total. The second-order valence-corrected chi connectivity index (χ2v) is 6.15. The first kappa shape index (κ1) is 19.2. The summed E-state index contributed by atoms with van der Waals surface area (Å²) in [6.07, 6.45) is 1.19. The second-order valence-electron chi connectivity index (χ2n) is 5.72. The van der Waals surface area contributed by atoms with Gasteiger partial charge in [0.25, 0.3) is 0 Å². The molecule has 1 atom stereocenters. The van der Waals surface area contributed by atoms with Crippen molar-refractivity contribution in [3.05, 3.63) is 34.9 Å². The standard InChI is InChI=1S/C15H23ClN2O.ClH/c1-11(2)9-15(3,10-17)18-14(19)8-12-5-4-6-13(16)7-12;/h4-7,11H,8-10,17H2,1-3H3,(H,18,19);1H. The van der Waals surface area contributed by atoms with Gasteiger partial charge in [0, 0.05) is 17.1 Å². The highest BCUT2D eigenvalue weighted by molar-refractivity contribution is 6.30. The summed E-state index contributed by atoms with van der Waals surface area (Å²) in [5, 5.41) is 3.68. The zero-order valence-electron chi connectivity index (χ0n) is 12.3. The van der Waals surface area contributed by atoms with Gasteiger partial charge < -0.3 is 11.1 Å². The normalized spacial score (nSPS) is 13.5. The van der Waals surface area contributed by atoms with Gasteiger partial charge in [0.2, 0.25) is 5.91 Å². The molecule has 0 radical (unpaired) electrons. The average molecular weight is 319 g/mol. The van der Waals surface area contributed by atoms with E-state index in [1.54, 1.807) is 6.07 Å². The van der Waals surface area contributed by atoms with Crippen LogP contribution < -0.4 is 11.1 Å². The highest BCUT2D eigenvalue weighted by Crippen LogP contribution is 2.16. The Bertz CT molecular complexity index is 438. The van der Waals surface area contributed by atoms with Crippen LogP contribution in [0.25, 0.3) is 0 Å². The molecule has 0 aliphatic rings. The van der Waals surface area contributed by atoms with Gasteiger partial charge in [-0.3, -0.25) is 4.79 Å². The molecule has 0 aromatic heterocycles. The van der Waals surface area contributed by atoms with Gasteiger partial charge >= 0.3 is 0 Å². The number of halogens is 2. The van der Waals surface area contributed by atoms with E-state index in [0.717, 1.165) is 12.0 Å². The van der Waals surface area contributed by atoms with Crippen molar-refractivity contribution >= 4 is 29.9 Å². The summed E-state index contributed by atoms with van der Waals surface area (Å²) in [4.78, 5) is 12.1. The number of amides is 1. The van der Waals surface area contributed by atoms with E-state index in [1.807, 2.05) is 25.1 Å². The SMILES string of the molecule is CC(C)CC(C)(CN)NC(=O)Cc1cccc(Cl)c1.Cl. The maximum absolute atomic E-state index is 12.1. The smallest absolute Gasteiger partial charge is 0.224 e. The summed E-state index contributed by atoms with van der Waals surface area (Å²) < 4.78 is 0. The van der Waals surface area contributed by atoms with Gasteiger partial charge in [-0.2, -0.15) is 0 Å². The Kier molecular flexibility index (Phi) is 8.17. The Morgan fingerprint density at radius 2 is 2.10 bits per heavy atom. The quantitative estimate of drug-likeness (QED) is 0.846. The summed E-state index contributed by atoms with van der Waals surface area (Å²) >= 11 is 5.91. The topological polar surface area (TPSA) is 55.1 Å². The van der Waals surface area contributed by atoms with Crippen molar-refractivity contribution < 1.29 is 4.79 Å². The average Bonchev–Trinajstić information content (AvgIpc) is 2.27. The summed E-state index contributed by atoms with van der Waals surface area (Å²) in [5.41, 5.74) is 6.35. The number of hydrogen-bond acceptors (Lipinski definition) is 2. The zero-order valence-corrected chi connectivity index (χ0v) is 13.9. The molecule has 3 nitrogen and oxygen atoms in total. The van der Waals surface area contributed by atoms with Gasteiger partial charge in [-0.1, -0.05) is 37.6 Å². The van der Waals surface area contributed by atoms with Crippen LogP contribution in [0, 0.1) is 5.92 Å². The van der Waals surface area contributed by atoms with Crippen LogP contribution in [0.3, 0.4) is 0 Å². The maximum Gasteiger partial charge on any atom is 0.224 e. The molecule has 0 saturated heterocycles. The summed E-state index contributed by atoms with van der Waals surface area (Å²) in [6.45, 7) is 6.67. The van der Waals surface area contributed by atoms with Gasteiger partial charge in [0.05, 0.1) is 6.42 Å². The molecule has 114 valence electrons. The largest absolute Gasteiger partial charge is 0.349 e. The van der Waals surface area contributed by atoms with E-state index < -0.39 is 0 Å². The molecule has 0 fully saturated rings. The van der Waals surface area contributed by atoms with Crippen molar-refractivity contribution in [2.24, 2.45) is 11.7 Å². The van der Waals surface area contributed by atoms with Gasteiger partial charge in [-0.15, -0.1) is 12.4 Å². The number of benzene rings is 1. The molecule has 1 aromatic carbocycles. The molecule has 0 bridgehead atoms. The van der Waals surface area contributed by atoms with Crippen LogP contribution in [0.1, 0.15) is 32.8 Å². The summed E-state index contributed by atoms with van der Waals surface area (Å²) in [6, 6.07) is 7.35. The fourth-order valence-corrected chi connectivity index (χ4v) is 2.51. The Balaban J connectivity index is 0.00000361. The van der Waals surface area contributed by atoms with Gasteiger partial charge in [-0.05, 0) is 37.0 Å². The van der Waals surface area contributed by atoms with Crippen molar-refractivity contribution in [1.29, 1.82) is 0 Å². The van der Waals surface area contributed by atoms with Crippen molar-refractivity contribution in [2.45, 2.75) is 39.2 Å². The van der Waals surface area contributed by atoms with Gasteiger partial charge in [0.1, 0.15) is 0 Å². The lowest BCUT2D eigenvalue weighted by atomic mass is 9.90. The minimum Gasteiger partial charge on any atom is -0.349 e. The summed E-state index contributed by atoms with van der Waals surface area (Å²) in [5.74, 6) is 0.468. The van der Waals surface area contributed by atoms with Crippen LogP contribution in [0.2, 0.25) is 5.02 Å². The highest BCUT2D eigenvalue weighted by Gasteiger charge is 2.25. The molecule has 0 aliphatic carbocycles. The van der Waals surface area contributed by atoms with E-state index in [2.05, 4.69) is 19.2 Å². The van der Waals surface area contributed by atoms with Crippen LogP contribution in [-0.2, 0) is 11.2 Å². The van der Waals surface area contributed by atoms with Gasteiger partial charge in [-0.25, -0.2) is 0 Å². The zero-order chi connectivity index (χ0) is 14.5. The van der Waals surface area contributed by atoms with E-state index >= 15 is 0 Å². The Morgan fingerprint density at radius 1 is 1.45 bits per heavy atom. The van der Waals surface area contributed by atoms with Crippen LogP contribution in [0.15, 0.2) is 24.3 Å². The van der Waals surface area contributed by atoms with Crippen LogP contribution >= 0.6 is 24.0 Å². The van der Waals surface area contributed by atoms with Crippen LogP contribution in [-0.4, -0.2) is 18.0 Å². The van der Waals surface area contributed by atoms with Crippen molar-refractivity contribution in [3.63, 3.8) is 0 Å². The lowest BCUT2D eigenvalue weighted by molar-refractivity contribution is -0.122. The first-order valence-corrected chi connectivity index (χ1v) is 6.98. The number of carbonyl (C=O) groups excluding carboxylic acids is 1. The molecule has 0 heterocycles. The van der Waals surface area contributed by atoms with E-state index in [-0.39, 0.29) is 23.9 Å². The molecule has 0 saturated carbocycles. The molecular formula is C15H24Cl2N2O. The third kappa shape index (κ3) is 6.60. The molecule has 1 unspecified atom stereocenters. The maximum atomic E-state index is 12.1. The van der Waals surface area contributed by atoms with E-state index in [0.29, 0.717) is 23.9 Å². The Labute approximate surface area is 132 Å². The third-order valence-electron chi connectivity index (χ3n) is 3.00. The van der Waals surface area contributed by atoms with Crippen molar-refractivity contribution in [3.8, 4) is 0 Å². The van der Waals surface area contributed by atoms with E-state index in [4.69, 9.17) is 17.3 Å². The van der Waals surface area contributed by atoms with Crippen LogP contribution in [0.4, 0.5) is 0 Å². The van der Waals surface area contributed by atoms with E-state index in [9.17, 15) is 4.79 Å². The van der Waals surface area contributed by atoms with Gasteiger partial charge in [0.15, 0.2) is 0 Å². The Morgan fingerprint density at radius 3 is 2.60 bits per heavy atom. The molecule has 1 aromatic rings. The monoisotopic (exact) mass is 318 g/mol.